The molecule has 4 heteroatoms. The van der Waals surface area contributed by atoms with Crippen LogP contribution in [0.15, 0.2) is 18.2 Å². The molecule has 3 unspecified atom stereocenters. The number of halogens is 1. The van der Waals surface area contributed by atoms with Crippen molar-refractivity contribution in [3.05, 3.63) is 29.6 Å². The Bertz CT molecular complexity index is 455. The van der Waals surface area contributed by atoms with E-state index in [2.05, 4.69) is 13.8 Å². The molecule has 19 heavy (non-hydrogen) atoms. The van der Waals surface area contributed by atoms with Gasteiger partial charge in [-0.2, -0.15) is 0 Å². The molecule has 0 radical (unpaired) electrons. The van der Waals surface area contributed by atoms with Crippen LogP contribution in [0.25, 0.3) is 0 Å². The van der Waals surface area contributed by atoms with Crippen LogP contribution in [0.3, 0.4) is 0 Å². The number of carbonyl (C=O) groups excluding carboxylic acids is 1. The van der Waals surface area contributed by atoms with Gasteiger partial charge in [-0.25, -0.2) is 9.18 Å². The number of carbonyl (C=O) groups is 1. The molecule has 3 atom stereocenters. The van der Waals surface area contributed by atoms with Crippen molar-refractivity contribution < 1.29 is 13.9 Å². The number of rotatable bonds is 2. The van der Waals surface area contributed by atoms with E-state index < -0.39 is 11.8 Å². The normalized spacial score (nSPS) is 27.0. The molecule has 0 bridgehead atoms. The Balaban J connectivity index is 2.06. The largest absolute Gasteiger partial charge is 0.459 e. The van der Waals surface area contributed by atoms with Gasteiger partial charge in [0, 0.05) is 5.69 Å². The molecule has 0 heterocycles. The summed E-state index contributed by atoms with van der Waals surface area (Å²) in [5, 5.41) is 0. The van der Waals surface area contributed by atoms with Crippen molar-refractivity contribution in [1.82, 2.24) is 0 Å². The third-order valence-electron chi connectivity index (χ3n) is 4.07. The minimum Gasteiger partial charge on any atom is -0.459 e. The standard InChI is InChI=1S/C15H20FNO2/c1-9-6-7-11(8-10(9)2)19-15(18)14-12(16)4-3-5-13(14)17/h3-5,9-11H,6-8,17H2,1-2H3. The van der Waals surface area contributed by atoms with Crippen molar-refractivity contribution in [2.45, 2.75) is 39.2 Å². The number of esters is 1. The molecule has 0 aromatic heterocycles. The van der Waals surface area contributed by atoms with Crippen LogP contribution in [0.2, 0.25) is 0 Å². The van der Waals surface area contributed by atoms with E-state index in [4.69, 9.17) is 10.5 Å². The van der Waals surface area contributed by atoms with Crippen LogP contribution in [0.5, 0.6) is 0 Å². The number of anilines is 1. The molecule has 0 aliphatic heterocycles. The summed E-state index contributed by atoms with van der Waals surface area (Å²) in [7, 11) is 0. The predicted molar refractivity (Wildman–Crippen MR) is 72.2 cm³/mol. The second-order valence-corrected chi connectivity index (χ2v) is 5.50. The van der Waals surface area contributed by atoms with Crippen molar-refractivity contribution in [3.8, 4) is 0 Å². The van der Waals surface area contributed by atoms with Gasteiger partial charge < -0.3 is 10.5 Å². The van der Waals surface area contributed by atoms with E-state index in [-0.39, 0.29) is 17.4 Å². The number of benzene rings is 1. The maximum atomic E-state index is 13.6. The molecule has 1 aliphatic carbocycles. The Hall–Kier alpha value is -1.58. The average molecular weight is 265 g/mol. The van der Waals surface area contributed by atoms with Crippen molar-refractivity contribution in [3.63, 3.8) is 0 Å². The first kappa shape index (κ1) is 13.8. The van der Waals surface area contributed by atoms with Crippen molar-refractivity contribution in [1.29, 1.82) is 0 Å². The fourth-order valence-electron chi connectivity index (χ4n) is 2.57. The molecule has 3 nitrogen and oxygen atoms in total. The highest BCUT2D eigenvalue weighted by atomic mass is 19.1. The number of hydrogen-bond acceptors (Lipinski definition) is 3. The lowest BCUT2D eigenvalue weighted by Gasteiger charge is -2.31. The highest BCUT2D eigenvalue weighted by Crippen LogP contribution is 2.31. The summed E-state index contributed by atoms with van der Waals surface area (Å²) in [6.07, 6.45) is 2.58. The van der Waals surface area contributed by atoms with Gasteiger partial charge in [0.15, 0.2) is 0 Å². The van der Waals surface area contributed by atoms with E-state index in [1.54, 1.807) is 0 Å². The molecule has 2 rings (SSSR count). The van der Waals surface area contributed by atoms with Crippen LogP contribution >= 0.6 is 0 Å². The summed E-state index contributed by atoms with van der Waals surface area (Å²) in [6.45, 7) is 4.36. The Morgan fingerprint density at radius 2 is 2.05 bits per heavy atom. The number of hydrogen-bond donors (Lipinski definition) is 1. The lowest BCUT2D eigenvalue weighted by atomic mass is 9.80. The van der Waals surface area contributed by atoms with Gasteiger partial charge in [-0.1, -0.05) is 19.9 Å². The second-order valence-electron chi connectivity index (χ2n) is 5.50. The summed E-state index contributed by atoms with van der Waals surface area (Å²) in [5.74, 6) is -0.109. The molecular weight excluding hydrogens is 245 g/mol. The van der Waals surface area contributed by atoms with Crippen LogP contribution in [0.4, 0.5) is 10.1 Å². The molecule has 2 N–H and O–H groups in total. The zero-order valence-electron chi connectivity index (χ0n) is 11.4. The summed E-state index contributed by atoms with van der Waals surface area (Å²) >= 11 is 0. The Labute approximate surface area is 112 Å². The maximum Gasteiger partial charge on any atom is 0.343 e. The van der Waals surface area contributed by atoms with Crippen molar-refractivity contribution >= 4 is 11.7 Å². The van der Waals surface area contributed by atoms with Gasteiger partial charge in [-0.15, -0.1) is 0 Å². The fourth-order valence-corrected chi connectivity index (χ4v) is 2.57. The molecule has 1 aliphatic rings. The van der Waals surface area contributed by atoms with E-state index in [1.807, 2.05) is 0 Å². The first-order chi connectivity index (χ1) is 8.99. The smallest absolute Gasteiger partial charge is 0.343 e. The summed E-state index contributed by atoms with van der Waals surface area (Å²) in [6, 6.07) is 4.20. The molecule has 0 saturated heterocycles. The van der Waals surface area contributed by atoms with Crippen LogP contribution < -0.4 is 5.73 Å². The van der Waals surface area contributed by atoms with Crippen LogP contribution in [0.1, 0.15) is 43.5 Å². The summed E-state index contributed by atoms with van der Waals surface area (Å²) < 4.78 is 19.0. The zero-order valence-corrected chi connectivity index (χ0v) is 11.4. The molecule has 1 fully saturated rings. The lowest BCUT2D eigenvalue weighted by Crippen LogP contribution is -2.29. The van der Waals surface area contributed by atoms with Crippen molar-refractivity contribution in [2.24, 2.45) is 11.8 Å². The van der Waals surface area contributed by atoms with Gasteiger partial charge in [0.1, 0.15) is 17.5 Å². The minimum atomic E-state index is -0.651. The second kappa shape index (κ2) is 5.59. The fraction of sp³-hybridized carbons (Fsp3) is 0.533. The highest BCUT2D eigenvalue weighted by Gasteiger charge is 2.28. The molecule has 1 saturated carbocycles. The van der Waals surface area contributed by atoms with Crippen LogP contribution in [-0.2, 0) is 4.74 Å². The van der Waals surface area contributed by atoms with Gasteiger partial charge in [-0.05, 0) is 43.2 Å². The molecule has 0 spiro atoms. The first-order valence-corrected chi connectivity index (χ1v) is 6.74. The topological polar surface area (TPSA) is 52.3 Å². The third-order valence-corrected chi connectivity index (χ3v) is 4.07. The van der Waals surface area contributed by atoms with Gasteiger partial charge >= 0.3 is 5.97 Å². The minimum absolute atomic E-state index is 0.127. The number of nitrogen functional groups attached to an aromatic ring is 1. The summed E-state index contributed by atoms with van der Waals surface area (Å²) in [5.41, 5.74) is 5.62. The number of ether oxygens (including phenoxy) is 1. The predicted octanol–water partition coefficient (Wildman–Crippen LogP) is 3.39. The summed E-state index contributed by atoms with van der Waals surface area (Å²) in [4.78, 5) is 12.0. The Morgan fingerprint density at radius 3 is 2.68 bits per heavy atom. The monoisotopic (exact) mass is 265 g/mol. The van der Waals surface area contributed by atoms with E-state index in [0.29, 0.717) is 11.8 Å². The molecule has 1 aromatic rings. The van der Waals surface area contributed by atoms with E-state index in [0.717, 1.165) is 19.3 Å². The van der Waals surface area contributed by atoms with E-state index >= 15 is 0 Å². The molecular formula is C15H20FNO2. The van der Waals surface area contributed by atoms with E-state index in [1.165, 1.54) is 18.2 Å². The Morgan fingerprint density at radius 1 is 1.32 bits per heavy atom. The van der Waals surface area contributed by atoms with Crippen molar-refractivity contribution in [2.75, 3.05) is 5.73 Å². The zero-order chi connectivity index (χ0) is 14.0. The molecule has 104 valence electrons. The van der Waals surface area contributed by atoms with Gasteiger partial charge in [0.05, 0.1) is 0 Å². The third kappa shape index (κ3) is 3.06. The lowest BCUT2D eigenvalue weighted by molar-refractivity contribution is 0.00847. The van der Waals surface area contributed by atoms with Crippen LogP contribution in [-0.4, -0.2) is 12.1 Å². The van der Waals surface area contributed by atoms with E-state index in [9.17, 15) is 9.18 Å². The number of nitrogens with two attached hydrogens (primary N) is 1. The molecule has 0 amide bonds. The quantitative estimate of drug-likeness (QED) is 0.658. The van der Waals surface area contributed by atoms with Gasteiger partial charge in [0.2, 0.25) is 0 Å². The Kier molecular flexibility index (Phi) is 4.08. The van der Waals surface area contributed by atoms with Crippen LogP contribution in [0, 0.1) is 17.7 Å². The van der Waals surface area contributed by atoms with Gasteiger partial charge in [0.25, 0.3) is 0 Å². The highest BCUT2D eigenvalue weighted by molar-refractivity contribution is 5.95. The van der Waals surface area contributed by atoms with Gasteiger partial charge in [-0.3, -0.25) is 0 Å². The average Bonchev–Trinajstić information content (AvgIpc) is 2.33. The molecule has 1 aromatic carbocycles. The SMILES string of the molecule is CC1CCC(OC(=O)c2c(N)cccc2F)CC1C. The first-order valence-electron chi connectivity index (χ1n) is 6.74. The maximum absolute atomic E-state index is 13.6.